The highest BCUT2D eigenvalue weighted by atomic mass is 15.2. The van der Waals surface area contributed by atoms with Gasteiger partial charge in [-0.2, -0.15) is 0 Å². The van der Waals surface area contributed by atoms with Crippen molar-refractivity contribution in [2.24, 2.45) is 29.6 Å². The Hall–Kier alpha value is -1.24. The average Bonchev–Trinajstić information content (AvgIpc) is 3.18. The highest BCUT2D eigenvalue weighted by molar-refractivity contribution is 5.22. The molecule has 0 amide bonds. The molecule has 1 saturated heterocycles. The predicted molar refractivity (Wildman–Crippen MR) is 76.5 cm³/mol. The van der Waals surface area contributed by atoms with E-state index in [9.17, 15) is 0 Å². The van der Waals surface area contributed by atoms with Gasteiger partial charge in [-0.25, -0.2) is 0 Å². The summed E-state index contributed by atoms with van der Waals surface area (Å²) in [5.41, 5.74) is 1.55. The Morgan fingerprint density at radius 1 is 1.11 bits per heavy atom. The van der Waals surface area contributed by atoms with Gasteiger partial charge in [0, 0.05) is 18.5 Å². The molecule has 4 aliphatic rings. The van der Waals surface area contributed by atoms with Gasteiger partial charge in [0.05, 0.1) is 0 Å². The van der Waals surface area contributed by atoms with Crippen LogP contribution >= 0.6 is 0 Å². The van der Waals surface area contributed by atoms with Crippen molar-refractivity contribution in [2.75, 3.05) is 6.54 Å². The van der Waals surface area contributed by atoms with E-state index >= 15 is 0 Å². The highest BCUT2D eigenvalue weighted by Gasteiger charge is 2.60. The summed E-state index contributed by atoms with van der Waals surface area (Å²) < 4.78 is 0. The lowest BCUT2D eigenvalue weighted by atomic mass is 9.71. The lowest BCUT2D eigenvalue weighted by Crippen LogP contribution is -2.38. The van der Waals surface area contributed by atoms with E-state index in [1.54, 1.807) is 5.56 Å². The summed E-state index contributed by atoms with van der Waals surface area (Å²) in [5.74, 6) is 4.85. The van der Waals surface area contributed by atoms with E-state index in [0.717, 1.165) is 35.6 Å². The minimum atomic E-state index is 0.888. The van der Waals surface area contributed by atoms with Gasteiger partial charge in [-0.15, -0.1) is 0 Å². The van der Waals surface area contributed by atoms with Gasteiger partial charge in [0.1, 0.15) is 0 Å². The topological polar surface area (TPSA) is 3.24 Å². The maximum atomic E-state index is 2.67. The normalized spacial score (nSPS) is 45.2. The molecule has 19 heavy (non-hydrogen) atoms. The molecule has 1 aromatic carbocycles. The van der Waals surface area contributed by atoms with Gasteiger partial charge in [0.2, 0.25) is 0 Å². The van der Waals surface area contributed by atoms with Crippen molar-refractivity contribution in [3.05, 3.63) is 48.2 Å². The maximum absolute atomic E-state index is 2.67. The van der Waals surface area contributed by atoms with Crippen LogP contribution in [0.1, 0.15) is 18.4 Å². The van der Waals surface area contributed by atoms with Crippen LogP contribution in [0.15, 0.2) is 42.6 Å². The second-order valence-electron chi connectivity index (χ2n) is 7.12. The molecule has 1 nitrogen and oxygen atoms in total. The van der Waals surface area contributed by atoms with Gasteiger partial charge >= 0.3 is 0 Å². The summed E-state index contributed by atoms with van der Waals surface area (Å²) in [6.07, 6.45) is 9.20. The molecule has 2 heterocycles. The lowest BCUT2D eigenvalue weighted by Gasteiger charge is -2.37. The fraction of sp³-hybridized carbons (Fsp3) is 0.556. The van der Waals surface area contributed by atoms with Crippen LogP contribution in [0, 0.1) is 29.6 Å². The molecule has 2 aliphatic carbocycles. The summed E-state index contributed by atoms with van der Waals surface area (Å²) in [6, 6.07) is 12.1. The smallest absolute Gasteiger partial charge is 0.0350 e. The van der Waals surface area contributed by atoms with Crippen LogP contribution in [0.4, 0.5) is 0 Å². The molecule has 0 N–H and O–H groups in total. The van der Waals surface area contributed by atoms with Crippen molar-refractivity contribution < 1.29 is 0 Å². The molecule has 5 rings (SSSR count). The van der Waals surface area contributed by atoms with Crippen molar-refractivity contribution in [1.82, 2.24) is 4.90 Å². The van der Waals surface area contributed by atoms with Gasteiger partial charge in [-0.3, -0.25) is 0 Å². The molecule has 1 heteroatoms. The molecule has 0 aromatic heterocycles. The predicted octanol–water partition coefficient (Wildman–Crippen LogP) is 3.33. The molecule has 0 spiro atoms. The standard InChI is InChI=1S/C18H21N/c1-2-4-12(5-3-1)8-14-9-15-10-16(14)17-13-6-7-19(11-13)18(15)17/h1-7,13-18H,8-11H2. The molecule has 2 saturated carbocycles. The summed E-state index contributed by atoms with van der Waals surface area (Å²) in [4.78, 5) is 2.67. The Balaban J connectivity index is 1.40. The Bertz CT molecular complexity index is 520. The van der Waals surface area contributed by atoms with E-state index in [-0.39, 0.29) is 0 Å². The van der Waals surface area contributed by atoms with Crippen molar-refractivity contribution in [2.45, 2.75) is 25.3 Å². The number of nitrogens with zero attached hydrogens (tertiary/aromatic N) is 1. The Morgan fingerprint density at radius 3 is 2.89 bits per heavy atom. The molecule has 4 bridgehead atoms. The van der Waals surface area contributed by atoms with Gasteiger partial charge < -0.3 is 4.90 Å². The zero-order valence-corrected chi connectivity index (χ0v) is 11.3. The summed E-state index contributed by atoms with van der Waals surface area (Å²) in [6.45, 7) is 1.33. The first-order valence-corrected chi connectivity index (χ1v) is 7.88. The van der Waals surface area contributed by atoms with Crippen LogP contribution in [0.25, 0.3) is 0 Å². The zero-order chi connectivity index (χ0) is 12.4. The Labute approximate surface area is 115 Å². The van der Waals surface area contributed by atoms with E-state index in [0.29, 0.717) is 0 Å². The minimum absolute atomic E-state index is 0.888. The van der Waals surface area contributed by atoms with Crippen molar-refractivity contribution in [1.29, 1.82) is 0 Å². The van der Waals surface area contributed by atoms with Crippen LogP contribution < -0.4 is 0 Å². The molecular formula is C18H21N. The molecule has 1 aromatic rings. The molecule has 98 valence electrons. The van der Waals surface area contributed by atoms with E-state index in [1.165, 1.54) is 25.8 Å². The van der Waals surface area contributed by atoms with Crippen molar-refractivity contribution in [3.63, 3.8) is 0 Å². The van der Waals surface area contributed by atoms with E-state index in [2.05, 4.69) is 47.5 Å². The first kappa shape index (κ1) is 10.5. The van der Waals surface area contributed by atoms with E-state index in [1.807, 2.05) is 0 Å². The Morgan fingerprint density at radius 2 is 2.00 bits per heavy atom. The summed E-state index contributed by atoms with van der Waals surface area (Å²) in [5, 5.41) is 0. The third kappa shape index (κ3) is 1.36. The van der Waals surface area contributed by atoms with Gasteiger partial charge in [0.15, 0.2) is 0 Å². The third-order valence-electron chi connectivity index (χ3n) is 6.32. The highest BCUT2D eigenvalue weighted by Crippen LogP contribution is 2.61. The SMILES string of the molecule is C1=CN2CC1C1C3CC(CC3Cc3ccccc3)C12. The molecule has 3 fully saturated rings. The van der Waals surface area contributed by atoms with E-state index in [4.69, 9.17) is 0 Å². The zero-order valence-electron chi connectivity index (χ0n) is 11.3. The first-order chi connectivity index (χ1) is 9.40. The minimum Gasteiger partial charge on any atom is -0.374 e. The first-order valence-electron chi connectivity index (χ1n) is 7.88. The van der Waals surface area contributed by atoms with Crippen LogP contribution in [0.2, 0.25) is 0 Å². The molecule has 6 unspecified atom stereocenters. The molecule has 2 aliphatic heterocycles. The molecular weight excluding hydrogens is 230 g/mol. The number of benzene rings is 1. The van der Waals surface area contributed by atoms with Gasteiger partial charge in [-0.1, -0.05) is 36.4 Å². The Kier molecular flexibility index (Phi) is 2.03. The van der Waals surface area contributed by atoms with Crippen molar-refractivity contribution in [3.8, 4) is 0 Å². The third-order valence-corrected chi connectivity index (χ3v) is 6.32. The second kappa shape index (κ2) is 3.65. The summed E-state index contributed by atoms with van der Waals surface area (Å²) in [7, 11) is 0. The van der Waals surface area contributed by atoms with E-state index < -0.39 is 0 Å². The largest absolute Gasteiger partial charge is 0.374 e. The average molecular weight is 251 g/mol. The molecule has 0 radical (unpaired) electrons. The fourth-order valence-electron chi connectivity index (χ4n) is 5.79. The lowest BCUT2D eigenvalue weighted by molar-refractivity contribution is 0.156. The number of hydrogen-bond acceptors (Lipinski definition) is 1. The van der Waals surface area contributed by atoms with Gasteiger partial charge in [-0.05, 0) is 54.7 Å². The van der Waals surface area contributed by atoms with Crippen LogP contribution in [-0.4, -0.2) is 17.5 Å². The summed E-state index contributed by atoms with van der Waals surface area (Å²) >= 11 is 0. The number of hydrogen-bond donors (Lipinski definition) is 0. The quantitative estimate of drug-likeness (QED) is 0.779. The maximum Gasteiger partial charge on any atom is 0.0350 e. The molecule has 6 atom stereocenters. The van der Waals surface area contributed by atoms with Crippen LogP contribution in [-0.2, 0) is 6.42 Å². The van der Waals surface area contributed by atoms with Crippen LogP contribution in [0.3, 0.4) is 0 Å². The number of rotatable bonds is 2. The monoisotopic (exact) mass is 251 g/mol. The number of fused-ring (bicyclic) bond motifs is 9. The fourth-order valence-corrected chi connectivity index (χ4v) is 5.79. The van der Waals surface area contributed by atoms with Gasteiger partial charge in [0.25, 0.3) is 0 Å². The second-order valence-corrected chi connectivity index (χ2v) is 7.12. The van der Waals surface area contributed by atoms with Crippen LogP contribution in [0.5, 0.6) is 0 Å². The van der Waals surface area contributed by atoms with Crippen molar-refractivity contribution >= 4 is 0 Å².